The van der Waals surface area contributed by atoms with Crippen molar-refractivity contribution >= 4 is 23.0 Å². The van der Waals surface area contributed by atoms with Crippen LogP contribution in [0.15, 0.2) is 35.4 Å². The SMILES string of the molecule is CC(C)(N)C(=NNC(N)=S)c1ccccc1. The van der Waals surface area contributed by atoms with Crippen LogP contribution in [0.5, 0.6) is 0 Å². The van der Waals surface area contributed by atoms with Crippen molar-refractivity contribution in [3.05, 3.63) is 35.9 Å². The monoisotopic (exact) mass is 236 g/mol. The van der Waals surface area contributed by atoms with Crippen molar-refractivity contribution in [1.29, 1.82) is 0 Å². The molecule has 0 unspecified atom stereocenters. The third-order valence-electron chi connectivity index (χ3n) is 1.94. The Morgan fingerprint density at radius 1 is 1.31 bits per heavy atom. The highest BCUT2D eigenvalue weighted by atomic mass is 32.1. The second kappa shape index (κ2) is 5.05. The number of hydrogen-bond donors (Lipinski definition) is 3. The summed E-state index contributed by atoms with van der Waals surface area (Å²) in [5.74, 6) is 0. The lowest BCUT2D eigenvalue weighted by Gasteiger charge is -2.21. The summed E-state index contributed by atoms with van der Waals surface area (Å²) in [6, 6.07) is 9.67. The van der Waals surface area contributed by atoms with Gasteiger partial charge in [0.25, 0.3) is 0 Å². The standard InChI is InChI=1S/C11H16N4S/c1-11(2,13)9(14-15-10(12)16)8-6-4-3-5-7-8/h3-7H,13H2,1-2H3,(H3,12,15,16). The lowest BCUT2D eigenvalue weighted by atomic mass is 9.93. The molecule has 0 saturated heterocycles. The smallest absolute Gasteiger partial charge is 0.184 e. The summed E-state index contributed by atoms with van der Waals surface area (Å²) in [5.41, 5.74) is 15.0. The number of nitrogens with two attached hydrogens (primary N) is 2. The molecule has 0 atom stereocenters. The molecule has 0 aromatic heterocycles. The van der Waals surface area contributed by atoms with Gasteiger partial charge in [-0.15, -0.1) is 0 Å². The molecule has 0 aliphatic heterocycles. The van der Waals surface area contributed by atoms with Crippen LogP contribution in [0.1, 0.15) is 19.4 Å². The fourth-order valence-corrected chi connectivity index (χ4v) is 1.33. The van der Waals surface area contributed by atoms with Gasteiger partial charge in [0.2, 0.25) is 0 Å². The van der Waals surface area contributed by atoms with Gasteiger partial charge < -0.3 is 11.5 Å². The molecule has 0 saturated carbocycles. The van der Waals surface area contributed by atoms with E-state index in [2.05, 4.69) is 10.5 Å². The van der Waals surface area contributed by atoms with E-state index in [0.717, 1.165) is 5.56 Å². The fourth-order valence-electron chi connectivity index (χ4n) is 1.29. The number of nitrogens with zero attached hydrogens (tertiary/aromatic N) is 1. The fraction of sp³-hybridized carbons (Fsp3) is 0.273. The predicted octanol–water partition coefficient (Wildman–Crippen LogP) is 0.961. The molecule has 0 fully saturated rings. The summed E-state index contributed by atoms with van der Waals surface area (Å²) < 4.78 is 0. The van der Waals surface area contributed by atoms with Crippen molar-refractivity contribution in [2.24, 2.45) is 16.6 Å². The van der Waals surface area contributed by atoms with Crippen LogP contribution in [0.25, 0.3) is 0 Å². The van der Waals surface area contributed by atoms with Crippen molar-refractivity contribution in [3.63, 3.8) is 0 Å². The highest BCUT2D eigenvalue weighted by Crippen LogP contribution is 2.10. The molecule has 0 radical (unpaired) electrons. The van der Waals surface area contributed by atoms with Gasteiger partial charge in [0.05, 0.1) is 11.3 Å². The van der Waals surface area contributed by atoms with E-state index in [-0.39, 0.29) is 5.11 Å². The third-order valence-corrected chi connectivity index (χ3v) is 2.03. The molecule has 5 heteroatoms. The van der Waals surface area contributed by atoms with E-state index in [1.54, 1.807) is 0 Å². The van der Waals surface area contributed by atoms with Crippen molar-refractivity contribution in [2.75, 3.05) is 0 Å². The zero-order valence-corrected chi connectivity index (χ0v) is 10.2. The van der Waals surface area contributed by atoms with Crippen LogP contribution in [-0.4, -0.2) is 16.4 Å². The van der Waals surface area contributed by atoms with Crippen molar-refractivity contribution in [3.8, 4) is 0 Å². The molecular formula is C11H16N4S. The van der Waals surface area contributed by atoms with Crippen molar-refractivity contribution in [1.82, 2.24) is 5.43 Å². The Hall–Kier alpha value is -1.46. The second-order valence-corrected chi connectivity index (χ2v) is 4.46. The molecule has 0 bridgehead atoms. The van der Waals surface area contributed by atoms with Crippen LogP contribution in [-0.2, 0) is 0 Å². The van der Waals surface area contributed by atoms with Gasteiger partial charge in [-0.2, -0.15) is 5.10 Å². The molecule has 0 amide bonds. The minimum absolute atomic E-state index is 0.123. The Labute approximate surface area is 101 Å². The summed E-state index contributed by atoms with van der Waals surface area (Å²) in [4.78, 5) is 0. The lowest BCUT2D eigenvalue weighted by molar-refractivity contribution is 0.692. The van der Waals surface area contributed by atoms with E-state index in [1.807, 2.05) is 44.2 Å². The zero-order chi connectivity index (χ0) is 12.2. The molecule has 16 heavy (non-hydrogen) atoms. The van der Waals surface area contributed by atoms with E-state index in [9.17, 15) is 0 Å². The van der Waals surface area contributed by atoms with Crippen LogP contribution in [0.3, 0.4) is 0 Å². The average molecular weight is 236 g/mol. The molecule has 86 valence electrons. The minimum Gasteiger partial charge on any atom is -0.375 e. The maximum atomic E-state index is 6.04. The first-order valence-electron chi connectivity index (χ1n) is 4.89. The number of hydrazone groups is 1. The van der Waals surface area contributed by atoms with Crippen LogP contribution in [0.2, 0.25) is 0 Å². The maximum absolute atomic E-state index is 6.04. The van der Waals surface area contributed by atoms with Gasteiger partial charge in [-0.1, -0.05) is 30.3 Å². The highest BCUT2D eigenvalue weighted by Gasteiger charge is 2.21. The van der Waals surface area contributed by atoms with Gasteiger partial charge in [-0.05, 0) is 31.6 Å². The van der Waals surface area contributed by atoms with Crippen molar-refractivity contribution < 1.29 is 0 Å². The first-order valence-corrected chi connectivity index (χ1v) is 5.30. The Morgan fingerprint density at radius 3 is 2.31 bits per heavy atom. The Morgan fingerprint density at radius 2 is 1.88 bits per heavy atom. The van der Waals surface area contributed by atoms with Gasteiger partial charge in [0.1, 0.15) is 0 Å². The quantitative estimate of drug-likeness (QED) is 0.415. The van der Waals surface area contributed by atoms with Crippen molar-refractivity contribution in [2.45, 2.75) is 19.4 Å². The average Bonchev–Trinajstić information content (AvgIpc) is 2.17. The summed E-state index contributed by atoms with van der Waals surface area (Å²) in [6.45, 7) is 3.75. The van der Waals surface area contributed by atoms with Crippen LogP contribution in [0, 0.1) is 0 Å². The normalized spacial score (nSPS) is 12.3. The van der Waals surface area contributed by atoms with Crippen LogP contribution < -0.4 is 16.9 Å². The van der Waals surface area contributed by atoms with Gasteiger partial charge in [0, 0.05) is 0 Å². The van der Waals surface area contributed by atoms with Gasteiger partial charge >= 0.3 is 0 Å². The van der Waals surface area contributed by atoms with E-state index >= 15 is 0 Å². The van der Waals surface area contributed by atoms with Gasteiger partial charge in [-0.3, -0.25) is 5.43 Å². The first-order chi connectivity index (χ1) is 7.41. The number of thiocarbonyl (C=S) groups is 1. The topological polar surface area (TPSA) is 76.4 Å². The van der Waals surface area contributed by atoms with E-state index in [1.165, 1.54) is 0 Å². The molecule has 0 aliphatic carbocycles. The second-order valence-electron chi connectivity index (χ2n) is 4.02. The molecule has 0 spiro atoms. The number of rotatable bonds is 3. The Balaban J connectivity index is 3.07. The largest absolute Gasteiger partial charge is 0.375 e. The number of benzene rings is 1. The maximum Gasteiger partial charge on any atom is 0.184 e. The molecule has 4 nitrogen and oxygen atoms in total. The molecule has 0 aliphatic rings. The highest BCUT2D eigenvalue weighted by molar-refractivity contribution is 7.80. The van der Waals surface area contributed by atoms with E-state index in [4.69, 9.17) is 23.7 Å². The number of hydrogen-bond acceptors (Lipinski definition) is 3. The molecule has 1 rings (SSSR count). The van der Waals surface area contributed by atoms with E-state index in [0.29, 0.717) is 5.71 Å². The van der Waals surface area contributed by atoms with Crippen LogP contribution in [0.4, 0.5) is 0 Å². The third kappa shape index (κ3) is 3.60. The predicted molar refractivity (Wildman–Crippen MR) is 71.2 cm³/mol. The summed E-state index contributed by atoms with van der Waals surface area (Å²) in [7, 11) is 0. The molecule has 1 aromatic carbocycles. The Bertz CT molecular complexity index is 392. The van der Waals surface area contributed by atoms with Gasteiger partial charge in [0.15, 0.2) is 5.11 Å². The van der Waals surface area contributed by atoms with Crippen LogP contribution >= 0.6 is 12.2 Å². The minimum atomic E-state index is -0.570. The number of nitrogens with one attached hydrogen (secondary N) is 1. The van der Waals surface area contributed by atoms with E-state index < -0.39 is 5.54 Å². The zero-order valence-electron chi connectivity index (χ0n) is 9.40. The summed E-state index contributed by atoms with van der Waals surface area (Å²) in [6.07, 6.45) is 0. The first kappa shape index (κ1) is 12.6. The molecule has 0 heterocycles. The van der Waals surface area contributed by atoms with Gasteiger partial charge in [-0.25, -0.2) is 0 Å². The molecular weight excluding hydrogens is 220 g/mol. The lowest BCUT2D eigenvalue weighted by Crippen LogP contribution is -2.43. The summed E-state index contributed by atoms with van der Waals surface area (Å²) >= 11 is 4.71. The Kier molecular flexibility index (Phi) is 3.98. The summed E-state index contributed by atoms with van der Waals surface area (Å²) in [5, 5.41) is 4.26. The molecule has 1 aromatic rings. The molecule has 5 N–H and O–H groups in total.